The Balaban J connectivity index is 1.45. The van der Waals surface area contributed by atoms with Crippen LogP contribution in [0.5, 0.6) is 0 Å². The maximum absolute atomic E-state index is 13.5. The first-order chi connectivity index (χ1) is 17.5. The minimum atomic E-state index is -0.284. The number of fused-ring (bicyclic) bond motifs is 1. The fourth-order valence-corrected chi connectivity index (χ4v) is 4.36. The van der Waals surface area contributed by atoms with Crippen LogP contribution in [0.3, 0.4) is 0 Å². The number of nitrogens with one attached hydrogen (secondary N) is 1. The zero-order valence-corrected chi connectivity index (χ0v) is 20.3. The summed E-state index contributed by atoms with van der Waals surface area (Å²) in [6.45, 7) is 5.90. The van der Waals surface area contributed by atoms with Gasteiger partial charge in [0, 0.05) is 18.7 Å². The molecule has 8 heteroatoms. The molecule has 2 heterocycles. The maximum atomic E-state index is 13.5. The number of H-pyrrole nitrogens is 1. The van der Waals surface area contributed by atoms with Crippen molar-refractivity contribution in [2.24, 2.45) is 0 Å². The molecule has 0 amide bonds. The van der Waals surface area contributed by atoms with E-state index in [2.05, 4.69) is 31.5 Å². The van der Waals surface area contributed by atoms with Crippen molar-refractivity contribution in [3.63, 3.8) is 0 Å². The van der Waals surface area contributed by atoms with Crippen molar-refractivity contribution < 1.29 is 4.39 Å². The number of hydrogen-bond acceptors (Lipinski definition) is 5. The van der Waals surface area contributed by atoms with Crippen molar-refractivity contribution in [1.29, 1.82) is 0 Å². The third-order valence-electron chi connectivity index (χ3n) is 6.49. The molecule has 0 aliphatic rings. The SMILES string of the molecule is Cc1ccc2cc(CN(Cc3ccc(F)cc3)Cc3nnnn3Cc3ccccc3)c(=O)[nH]c2c1C. The fourth-order valence-electron chi connectivity index (χ4n) is 4.36. The lowest BCUT2D eigenvalue weighted by atomic mass is 10.0. The van der Waals surface area contributed by atoms with Crippen LogP contribution in [0.15, 0.2) is 77.6 Å². The Bertz CT molecular complexity index is 1540. The molecule has 182 valence electrons. The zero-order chi connectivity index (χ0) is 25.1. The average molecular weight is 483 g/mol. The molecule has 3 aromatic carbocycles. The van der Waals surface area contributed by atoms with E-state index in [1.54, 1.807) is 16.8 Å². The Hall–Kier alpha value is -4.17. The Morgan fingerprint density at radius 3 is 2.47 bits per heavy atom. The topological polar surface area (TPSA) is 79.7 Å². The number of aromatic nitrogens is 5. The van der Waals surface area contributed by atoms with Crippen LogP contribution in [0.4, 0.5) is 4.39 Å². The fraction of sp³-hybridized carbons (Fsp3) is 0.214. The minimum Gasteiger partial charge on any atom is -0.321 e. The standard InChI is InChI=1S/C28H27FN6O/c1-19-8-11-23-14-24(28(36)30-27(23)20(19)2)17-34(15-22-9-12-25(29)13-10-22)18-26-31-32-33-35(26)16-21-6-4-3-5-7-21/h3-14H,15-18H2,1-2H3,(H,30,36). The van der Waals surface area contributed by atoms with Gasteiger partial charge in [0.1, 0.15) is 5.82 Å². The molecule has 5 aromatic rings. The summed E-state index contributed by atoms with van der Waals surface area (Å²) in [4.78, 5) is 18.2. The van der Waals surface area contributed by atoms with E-state index in [1.807, 2.05) is 56.3 Å². The van der Waals surface area contributed by atoms with Crippen molar-refractivity contribution in [1.82, 2.24) is 30.1 Å². The van der Waals surface area contributed by atoms with Crippen LogP contribution in [0.1, 0.15) is 33.6 Å². The van der Waals surface area contributed by atoms with E-state index in [4.69, 9.17) is 0 Å². The third-order valence-corrected chi connectivity index (χ3v) is 6.49. The van der Waals surface area contributed by atoms with Gasteiger partial charge in [0.2, 0.25) is 0 Å². The Morgan fingerprint density at radius 1 is 0.917 bits per heavy atom. The second-order valence-electron chi connectivity index (χ2n) is 9.11. The summed E-state index contributed by atoms with van der Waals surface area (Å²) >= 11 is 0. The van der Waals surface area contributed by atoms with Gasteiger partial charge in [0.15, 0.2) is 5.82 Å². The van der Waals surface area contributed by atoms with Gasteiger partial charge in [-0.3, -0.25) is 9.69 Å². The van der Waals surface area contributed by atoms with E-state index in [0.29, 0.717) is 37.6 Å². The first-order valence-electron chi connectivity index (χ1n) is 11.8. The summed E-state index contributed by atoms with van der Waals surface area (Å²) in [5.74, 6) is 0.401. The lowest BCUT2D eigenvalue weighted by molar-refractivity contribution is 0.236. The number of halogens is 1. The molecule has 0 unspecified atom stereocenters. The Morgan fingerprint density at radius 2 is 1.69 bits per heavy atom. The van der Waals surface area contributed by atoms with E-state index < -0.39 is 0 Å². The van der Waals surface area contributed by atoms with Crippen molar-refractivity contribution in [2.75, 3.05) is 0 Å². The van der Waals surface area contributed by atoms with Gasteiger partial charge < -0.3 is 4.98 Å². The van der Waals surface area contributed by atoms with E-state index in [9.17, 15) is 9.18 Å². The van der Waals surface area contributed by atoms with Crippen LogP contribution in [-0.2, 0) is 26.2 Å². The Kier molecular flexibility index (Phi) is 6.69. The Labute approximate surface area is 208 Å². The second kappa shape index (κ2) is 10.2. The third kappa shape index (κ3) is 5.23. The molecule has 5 rings (SSSR count). The highest BCUT2D eigenvalue weighted by Gasteiger charge is 2.16. The molecule has 0 atom stereocenters. The van der Waals surface area contributed by atoms with Gasteiger partial charge >= 0.3 is 0 Å². The van der Waals surface area contributed by atoms with Crippen molar-refractivity contribution in [3.8, 4) is 0 Å². The zero-order valence-electron chi connectivity index (χ0n) is 20.3. The second-order valence-corrected chi connectivity index (χ2v) is 9.11. The van der Waals surface area contributed by atoms with E-state index in [1.165, 1.54) is 12.1 Å². The maximum Gasteiger partial charge on any atom is 0.252 e. The average Bonchev–Trinajstić information content (AvgIpc) is 3.31. The number of aromatic amines is 1. The normalized spacial score (nSPS) is 11.4. The van der Waals surface area contributed by atoms with E-state index in [-0.39, 0.29) is 11.4 Å². The molecule has 36 heavy (non-hydrogen) atoms. The molecule has 0 fully saturated rings. The molecular weight excluding hydrogens is 455 g/mol. The smallest absolute Gasteiger partial charge is 0.252 e. The van der Waals surface area contributed by atoms with Gasteiger partial charge in [0.25, 0.3) is 5.56 Å². The number of hydrogen-bond donors (Lipinski definition) is 1. The van der Waals surface area contributed by atoms with Gasteiger partial charge in [-0.05, 0) is 70.1 Å². The van der Waals surface area contributed by atoms with Crippen LogP contribution in [0.2, 0.25) is 0 Å². The summed E-state index contributed by atoms with van der Waals surface area (Å²) < 4.78 is 15.3. The van der Waals surface area contributed by atoms with E-state index in [0.717, 1.165) is 33.2 Å². The van der Waals surface area contributed by atoms with Crippen LogP contribution >= 0.6 is 0 Å². The lowest BCUT2D eigenvalue weighted by Crippen LogP contribution is -2.28. The molecular formula is C28H27FN6O. The number of aryl methyl sites for hydroxylation is 2. The van der Waals surface area contributed by atoms with Crippen molar-refractivity contribution >= 4 is 10.9 Å². The highest BCUT2D eigenvalue weighted by molar-refractivity contribution is 5.83. The largest absolute Gasteiger partial charge is 0.321 e. The lowest BCUT2D eigenvalue weighted by Gasteiger charge is -2.22. The summed E-state index contributed by atoms with van der Waals surface area (Å²) in [7, 11) is 0. The van der Waals surface area contributed by atoms with Gasteiger partial charge in [-0.25, -0.2) is 9.07 Å². The molecule has 0 saturated heterocycles. The van der Waals surface area contributed by atoms with Crippen molar-refractivity contribution in [2.45, 2.75) is 40.0 Å². The number of rotatable bonds is 8. The monoisotopic (exact) mass is 482 g/mol. The van der Waals surface area contributed by atoms with Gasteiger partial charge in [-0.15, -0.1) is 5.10 Å². The first-order valence-corrected chi connectivity index (χ1v) is 11.8. The summed E-state index contributed by atoms with van der Waals surface area (Å²) in [6, 6.07) is 22.4. The molecule has 0 aliphatic heterocycles. The van der Waals surface area contributed by atoms with Crippen LogP contribution < -0.4 is 5.56 Å². The predicted octanol–water partition coefficient (Wildman–Crippen LogP) is 4.52. The number of nitrogens with zero attached hydrogens (tertiary/aromatic N) is 5. The summed E-state index contributed by atoms with van der Waals surface area (Å²) in [5, 5.41) is 13.3. The predicted molar refractivity (Wildman–Crippen MR) is 137 cm³/mol. The minimum absolute atomic E-state index is 0.121. The first kappa shape index (κ1) is 23.6. The van der Waals surface area contributed by atoms with Crippen molar-refractivity contribution in [3.05, 3.63) is 123 Å². The van der Waals surface area contributed by atoms with E-state index >= 15 is 0 Å². The molecule has 0 aliphatic carbocycles. The van der Waals surface area contributed by atoms with Gasteiger partial charge in [-0.1, -0.05) is 54.6 Å². The number of pyridine rings is 1. The van der Waals surface area contributed by atoms with Crippen LogP contribution in [-0.4, -0.2) is 30.1 Å². The highest BCUT2D eigenvalue weighted by atomic mass is 19.1. The number of benzene rings is 3. The molecule has 7 nitrogen and oxygen atoms in total. The molecule has 0 spiro atoms. The van der Waals surface area contributed by atoms with Gasteiger partial charge in [-0.2, -0.15) is 0 Å². The van der Waals surface area contributed by atoms with Gasteiger partial charge in [0.05, 0.1) is 18.6 Å². The molecule has 1 N–H and O–H groups in total. The molecule has 2 aromatic heterocycles. The molecule has 0 radical (unpaired) electrons. The highest BCUT2D eigenvalue weighted by Crippen LogP contribution is 2.20. The quantitative estimate of drug-likeness (QED) is 0.352. The molecule has 0 bridgehead atoms. The summed E-state index contributed by atoms with van der Waals surface area (Å²) in [6.07, 6.45) is 0. The summed E-state index contributed by atoms with van der Waals surface area (Å²) in [5.41, 5.74) is 5.61. The van der Waals surface area contributed by atoms with Crippen LogP contribution in [0.25, 0.3) is 10.9 Å². The molecule has 0 saturated carbocycles. The van der Waals surface area contributed by atoms with Crippen LogP contribution in [0, 0.1) is 19.7 Å². The number of tetrazole rings is 1.